The highest BCUT2D eigenvalue weighted by atomic mass is 32.1. The number of amides is 1. The van der Waals surface area contributed by atoms with Gasteiger partial charge in [0.2, 0.25) is 5.88 Å². The maximum Gasteiger partial charge on any atom is 0.265 e. The number of hydrogen-bond acceptors (Lipinski definition) is 7. The molecule has 0 radical (unpaired) electrons. The van der Waals surface area contributed by atoms with Gasteiger partial charge in [-0.3, -0.25) is 9.78 Å². The largest absolute Gasteiger partial charge is 0.481 e. The van der Waals surface area contributed by atoms with E-state index in [1.165, 1.54) is 11.3 Å². The lowest BCUT2D eigenvalue weighted by atomic mass is 10.1. The average molecular weight is 428 g/mol. The molecule has 8 nitrogen and oxygen atoms in total. The van der Waals surface area contributed by atoms with Crippen molar-refractivity contribution in [1.29, 1.82) is 0 Å². The van der Waals surface area contributed by atoms with Crippen LogP contribution in [0.15, 0.2) is 72.9 Å². The third-order valence-corrected chi connectivity index (χ3v) is 5.62. The van der Waals surface area contributed by atoms with Gasteiger partial charge < -0.3 is 10.1 Å². The Hall–Kier alpha value is -4.11. The number of carbonyl (C=O) groups excluding carboxylic acids is 1. The van der Waals surface area contributed by atoms with Crippen LogP contribution in [0, 0.1) is 0 Å². The Balaban J connectivity index is 1.39. The molecule has 1 N–H and O–H groups in total. The number of ether oxygens (including phenoxy) is 1. The van der Waals surface area contributed by atoms with Crippen LogP contribution in [0.5, 0.6) is 5.88 Å². The summed E-state index contributed by atoms with van der Waals surface area (Å²) in [5.74, 6) is 0.287. The number of hydrogen-bond donors (Lipinski definition) is 1. The summed E-state index contributed by atoms with van der Waals surface area (Å²) in [5.41, 5.74) is 4.96. The molecule has 1 amide bonds. The molecular formula is C22H16N6O2S. The number of nitrogens with one attached hydrogen (secondary N) is 1. The molecule has 0 unspecified atom stereocenters. The molecule has 0 saturated carbocycles. The van der Waals surface area contributed by atoms with Gasteiger partial charge in [0, 0.05) is 47.5 Å². The van der Waals surface area contributed by atoms with E-state index < -0.39 is 0 Å². The van der Waals surface area contributed by atoms with Crippen LogP contribution in [-0.2, 0) is 0 Å². The van der Waals surface area contributed by atoms with Crippen LogP contribution in [0.2, 0.25) is 0 Å². The van der Waals surface area contributed by atoms with Gasteiger partial charge in [0.05, 0.1) is 30.1 Å². The molecule has 0 fully saturated rings. The first kappa shape index (κ1) is 18.9. The van der Waals surface area contributed by atoms with Crippen LogP contribution >= 0.6 is 11.3 Å². The van der Waals surface area contributed by atoms with E-state index in [0.29, 0.717) is 16.4 Å². The first-order valence-electron chi connectivity index (χ1n) is 9.35. The second kappa shape index (κ2) is 7.96. The van der Waals surface area contributed by atoms with E-state index in [2.05, 4.69) is 25.4 Å². The summed E-state index contributed by atoms with van der Waals surface area (Å²) >= 11 is 1.36. The van der Waals surface area contributed by atoms with Gasteiger partial charge in [-0.15, -0.1) is 11.3 Å². The summed E-state index contributed by atoms with van der Waals surface area (Å²) in [6.45, 7) is 0. The van der Waals surface area contributed by atoms with Crippen LogP contribution in [0.1, 0.15) is 9.67 Å². The average Bonchev–Trinajstić information content (AvgIpc) is 3.47. The van der Waals surface area contributed by atoms with E-state index in [-0.39, 0.29) is 5.91 Å². The number of thiophene rings is 1. The van der Waals surface area contributed by atoms with Crippen LogP contribution in [0.25, 0.3) is 27.9 Å². The standard InChI is InChI=1S/C22H16N6O2S/c1-30-20-5-4-17(10-24-20)27-22(29)19-7-15(13-31-19)18-11-26-28-12-16(9-25-21(18)28)14-3-2-6-23-8-14/h2-13H,1H3,(H,27,29). The fraction of sp³-hybridized carbons (Fsp3) is 0.0455. The fourth-order valence-electron chi connectivity index (χ4n) is 3.13. The highest BCUT2D eigenvalue weighted by Gasteiger charge is 2.15. The molecule has 0 spiro atoms. The Kier molecular flexibility index (Phi) is 4.85. The molecule has 5 aromatic rings. The van der Waals surface area contributed by atoms with Gasteiger partial charge in [0.25, 0.3) is 5.91 Å². The molecule has 31 heavy (non-hydrogen) atoms. The van der Waals surface area contributed by atoms with E-state index >= 15 is 0 Å². The van der Waals surface area contributed by atoms with Crippen molar-refractivity contribution >= 4 is 28.6 Å². The van der Waals surface area contributed by atoms with Crippen LogP contribution in [0.4, 0.5) is 5.69 Å². The van der Waals surface area contributed by atoms with Crippen LogP contribution in [0.3, 0.4) is 0 Å². The van der Waals surface area contributed by atoms with Gasteiger partial charge >= 0.3 is 0 Å². The maximum absolute atomic E-state index is 12.6. The summed E-state index contributed by atoms with van der Waals surface area (Å²) in [5, 5.41) is 9.20. The van der Waals surface area contributed by atoms with Gasteiger partial charge in [0.1, 0.15) is 0 Å². The second-order valence-corrected chi connectivity index (χ2v) is 7.56. The van der Waals surface area contributed by atoms with Crippen molar-refractivity contribution in [3.05, 3.63) is 77.8 Å². The molecular weight excluding hydrogens is 412 g/mol. The second-order valence-electron chi connectivity index (χ2n) is 6.65. The van der Waals surface area contributed by atoms with Crippen LogP contribution in [-0.4, -0.2) is 37.6 Å². The molecule has 5 rings (SSSR count). The first-order valence-corrected chi connectivity index (χ1v) is 10.2. The van der Waals surface area contributed by atoms with Gasteiger partial charge in [-0.25, -0.2) is 14.5 Å². The molecule has 0 atom stereocenters. The zero-order valence-electron chi connectivity index (χ0n) is 16.4. The molecule has 0 aromatic carbocycles. The third kappa shape index (κ3) is 3.74. The predicted molar refractivity (Wildman–Crippen MR) is 118 cm³/mol. The number of fused-ring (bicyclic) bond motifs is 1. The Morgan fingerprint density at radius 1 is 1.06 bits per heavy atom. The Bertz CT molecular complexity index is 1360. The normalized spacial score (nSPS) is 10.9. The number of carbonyl (C=O) groups is 1. The maximum atomic E-state index is 12.6. The van der Waals surface area contributed by atoms with Crippen molar-refractivity contribution < 1.29 is 9.53 Å². The Labute approximate surface area is 181 Å². The summed E-state index contributed by atoms with van der Waals surface area (Å²) < 4.78 is 6.77. The lowest BCUT2D eigenvalue weighted by molar-refractivity contribution is 0.103. The third-order valence-electron chi connectivity index (χ3n) is 4.69. The molecule has 5 aromatic heterocycles. The Morgan fingerprint density at radius 2 is 2.00 bits per heavy atom. The van der Waals surface area contributed by atoms with E-state index in [0.717, 1.165) is 27.9 Å². The first-order chi connectivity index (χ1) is 15.2. The van der Waals surface area contributed by atoms with E-state index in [1.807, 2.05) is 29.8 Å². The molecule has 0 saturated heterocycles. The van der Waals surface area contributed by atoms with Crippen LogP contribution < -0.4 is 10.1 Å². The quantitative estimate of drug-likeness (QED) is 0.451. The SMILES string of the molecule is COc1ccc(NC(=O)c2cc(-c3cnn4cc(-c5cccnc5)cnc34)cs2)cn1. The number of aromatic nitrogens is 5. The number of pyridine rings is 2. The zero-order chi connectivity index (χ0) is 21.2. The number of rotatable bonds is 5. The summed E-state index contributed by atoms with van der Waals surface area (Å²) in [4.78, 5) is 26.0. The molecule has 152 valence electrons. The Morgan fingerprint density at radius 3 is 2.77 bits per heavy atom. The van der Waals surface area contributed by atoms with Gasteiger partial charge in [0.15, 0.2) is 5.65 Å². The summed E-state index contributed by atoms with van der Waals surface area (Å²) in [6, 6.07) is 9.13. The predicted octanol–water partition coefficient (Wildman–Crippen LogP) is 4.18. The molecule has 5 heterocycles. The van der Waals surface area contributed by atoms with E-state index in [9.17, 15) is 4.79 Å². The topological polar surface area (TPSA) is 94.3 Å². The fourth-order valence-corrected chi connectivity index (χ4v) is 3.93. The van der Waals surface area contributed by atoms with Crippen molar-refractivity contribution in [2.45, 2.75) is 0 Å². The minimum Gasteiger partial charge on any atom is -0.481 e. The lowest BCUT2D eigenvalue weighted by Crippen LogP contribution is -2.10. The van der Waals surface area contributed by atoms with E-state index in [4.69, 9.17) is 4.74 Å². The van der Waals surface area contributed by atoms with Crippen molar-refractivity contribution in [3.8, 4) is 28.1 Å². The number of anilines is 1. The molecule has 0 aliphatic heterocycles. The number of methoxy groups -OCH3 is 1. The molecule has 0 bridgehead atoms. The van der Waals surface area contributed by atoms with Gasteiger partial charge in [-0.1, -0.05) is 6.07 Å². The van der Waals surface area contributed by atoms with Gasteiger partial charge in [-0.05, 0) is 29.1 Å². The summed E-state index contributed by atoms with van der Waals surface area (Å²) in [7, 11) is 1.54. The van der Waals surface area contributed by atoms with Crippen molar-refractivity contribution in [2.75, 3.05) is 12.4 Å². The highest BCUT2D eigenvalue weighted by Crippen LogP contribution is 2.29. The van der Waals surface area contributed by atoms with Crippen molar-refractivity contribution in [2.24, 2.45) is 0 Å². The highest BCUT2D eigenvalue weighted by molar-refractivity contribution is 7.12. The van der Waals surface area contributed by atoms with Crippen molar-refractivity contribution in [1.82, 2.24) is 24.6 Å². The molecule has 9 heteroatoms. The van der Waals surface area contributed by atoms with Gasteiger partial charge in [-0.2, -0.15) is 5.10 Å². The minimum absolute atomic E-state index is 0.202. The zero-order valence-corrected chi connectivity index (χ0v) is 17.2. The summed E-state index contributed by atoms with van der Waals surface area (Å²) in [6.07, 6.45) is 10.5. The molecule has 0 aliphatic rings. The lowest BCUT2D eigenvalue weighted by Gasteiger charge is -2.04. The molecule has 0 aliphatic carbocycles. The minimum atomic E-state index is -0.202. The monoisotopic (exact) mass is 428 g/mol. The number of nitrogens with zero attached hydrogens (tertiary/aromatic N) is 5. The smallest absolute Gasteiger partial charge is 0.265 e. The van der Waals surface area contributed by atoms with Crippen molar-refractivity contribution in [3.63, 3.8) is 0 Å². The van der Waals surface area contributed by atoms with E-state index in [1.54, 1.807) is 54.7 Å².